The Kier molecular flexibility index (Phi) is 4.51. The highest BCUT2D eigenvalue weighted by Gasteiger charge is 2.07. The third-order valence-corrected chi connectivity index (χ3v) is 2.73. The van der Waals surface area contributed by atoms with Gasteiger partial charge in [0.2, 0.25) is 0 Å². The van der Waals surface area contributed by atoms with Crippen LogP contribution in [0.2, 0.25) is 0 Å². The fourth-order valence-corrected chi connectivity index (χ4v) is 1.70. The van der Waals surface area contributed by atoms with Crippen LogP contribution in [0.5, 0.6) is 5.75 Å². The molecule has 0 aliphatic carbocycles. The molecule has 0 unspecified atom stereocenters. The molecule has 2 aromatic carbocycles. The highest BCUT2D eigenvalue weighted by atomic mass is 16.5. The minimum atomic E-state index is 0.0283. The fraction of sp³-hybridized carbons (Fsp3) is 0.118. The second-order valence-electron chi connectivity index (χ2n) is 4.10. The van der Waals surface area contributed by atoms with Gasteiger partial charge in [0, 0.05) is 11.1 Å². The monoisotopic (exact) mass is 252 g/mol. The zero-order valence-electron chi connectivity index (χ0n) is 10.9. The Morgan fingerprint density at radius 3 is 2.26 bits per heavy atom. The molecule has 0 aliphatic heterocycles. The zero-order chi connectivity index (χ0) is 13.5. The van der Waals surface area contributed by atoms with E-state index in [2.05, 4.69) is 0 Å². The summed E-state index contributed by atoms with van der Waals surface area (Å²) in [4.78, 5) is 12.2. The minimum Gasteiger partial charge on any atom is -0.490 e. The van der Waals surface area contributed by atoms with Gasteiger partial charge < -0.3 is 4.74 Å². The first-order chi connectivity index (χ1) is 9.31. The first-order valence-corrected chi connectivity index (χ1v) is 6.25. The van der Waals surface area contributed by atoms with E-state index < -0.39 is 0 Å². The molecular formula is C17H16O2. The standard InChI is InChI=1S/C17H16O2/c1-2-3-13-19-16-11-9-15(10-12-16)17(18)14-7-5-4-6-8-14/h2-12H,13H2,1H3. The number of carbonyl (C=O) groups excluding carboxylic acids is 1. The van der Waals surface area contributed by atoms with Gasteiger partial charge in [-0.1, -0.05) is 42.5 Å². The number of ketones is 1. The number of ether oxygens (including phenoxy) is 1. The second kappa shape index (κ2) is 6.55. The van der Waals surface area contributed by atoms with Crippen molar-refractivity contribution in [2.24, 2.45) is 0 Å². The zero-order valence-corrected chi connectivity index (χ0v) is 10.9. The average Bonchev–Trinajstić information content (AvgIpc) is 2.48. The SMILES string of the molecule is CC=CCOc1ccc(C(=O)c2ccccc2)cc1. The lowest BCUT2D eigenvalue weighted by Gasteiger charge is -2.05. The second-order valence-corrected chi connectivity index (χ2v) is 4.10. The average molecular weight is 252 g/mol. The van der Waals surface area contributed by atoms with Crippen LogP contribution in [0.4, 0.5) is 0 Å². The van der Waals surface area contributed by atoms with Crippen molar-refractivity contribution in [2.75, 3.05) is 6.61 Å². The Morgan fingerprint density at radius 1 is 1.00 bits per heavy atom. The van der Waals surface area contributed by atoms with Crippen LogP contribution in [0.15, 0.2) is 66.7 Å². The summed E-state index contributed by atoms with van der Waals surface area (Å²) in [5.74, 6) is 0.795. The molecule has 0 atom stereocenters. The molecular weight excluding hydrogens is 236 g/mol. The highest BCUT2D eigenvalue weighted by Crippen LogP contribution is 2.15. The highest BCUT2D eigenvalue weighted by molar-refractivity contribution is 6.08. The Hall–Kier alpha value is -2.35. The van der Waals surface area contributed by atoms with Gasteiger partial charge in [0.05, 0.1) is 0 Å². The van der Waals surface area contributed by atoms with E-state index in [1.165, 1.54) is 0 Å². The van der Waals surface area contributed by atoms with E-state index in [9.17, 15) is 4.79 Å². The molecule has 0 amide bonds. The lowest BCUT2D eigenvalue weighted by molar-refractivity contribution is 0.103. The van der Waals surface area contributed by atoms with E-state index >= 15 is 0 Å². The molecule has 0 aromatic heterocycles. The summed E-state index contributed by atoms with van der Waals surface area (Å²) in [7, 11) is 0. The van der Waals surface area contributed by atoms with E-state index in [-0.39, 0.29) is 5.78 Å². The van der Waals surface area contributed by atoms with Gasteiger partial charge in [-0.2, -0.15) is 0 Å². The van der Waals surface area contributed by atoms with Gasteiger partial charge in [0.25, 0.3) is 0 Å². The van der Waals surface area contributed by atoms with Crippen LogP contribution in [0.3, 0.4) is 0 Å². The Bertz CT molecular complexity index is 554. The third-order valence-electron chi connectivity index (χ3n) is 2.73. The van der Waals surface area contributed by atoms with Gasteiger partial charge in [0.15, 0.2) is 5.78 Å². The summed E-state index contributed by atoms with van der Waals surface area (Å²) < 4.78 is 5.49. The molecule has 2 rings (SSSR count). The summed E-state index contributed by atoms with van der Waals surface area (Å²) >= 11 is 0. The maximum atomic E-state index is 12.2. The fourth-order valence-electron chi connectivity index (χ4n) is 1.70. The van der Waals surface area contributed by atoms with Crippen LogP contribution in [0.25, 0.3) is 0 Å². The number of hydrogen-bond acceptors (Lipinski definition) is 2. The first-order valence-electron chi connectivity index (χ1n) is 6.25. The van der Waals surface area contributed by atoms with Crippen LogP contribution in [0.1, 0.15) is 22.8 Å². The van der Waals surface area contributed by atoms with Crippen LogP contribution >= 0.6 is 0 Å². The lowest BCUT2D eigenvalue weighted by Crippen LogP contribution is -2.01. The van der Waals surface area contributed by atoms with E-state index in [0.29, 0.717) is 17.7 Å². The Labute approximate surface area is 113 Å². The predicted molar refractivity (Wildman–Crippen MR) is 76.6 cm³/mol. The van der Waals surface area contributed by atoms with Crippen molar-refractivity contribution in [2.45, 2.75) is 6.92 Å². The van der Waals surface area contributed by atoms with E-state index in [4.69, 9.17) is 4.74 Å². The van der Waals surface area contributed by atoms with Crippen molar-refractivity contribution < 1.29 is 9.53 Å². The van der Waals surface area contributed by atoms with Crippen LogP contribution in [-0.4, -0.2) is 12.4 Å². The molecule has 2 heteroatoms. The smallest absolute Gasteiger partial charge is 0.193 e. The minimum absolute atomic E-state index is 0.0283. The molecule has 96 valence electrons. The predicted octanol–water partition coefficient (Wildman–Crippen LogP) is 3.87. The summed E-state index contributed by atoms with van der Waals surface area (Å²) in [6.07, 6.45) is 3.87. The van der Waals surface area contributed by atoms with Crippen molar-refractivity contribution in [3.8, 4) is 5.75 Å². The number of benzene rings is 2. The van der Waals surface area contributed by atoms with Gasteiger partial charge in [-0.15, -0.1) is 0 Å². The summed E-state index contributed by atoms with van der Waals surface area (Å²) in [6.45, 7) is 2.49. The third kappa shape index (κ3) is 3.55. The molecule has 0 spiro atoms. The Morgan fingerprint density at radius 2 is 1.63 bits per heavy atom. The van der Waals surface area contributed by atoms with Crippen molar-refractivity contribution in [1.29, 1.82) is 0 Å². The van der Waals surface area contributed by atoms with Crippen LogP contribution in [0, 0.1) is 0 Å². The molecule has 0 bridgehead atoms. The molecule has 2 nitrogen and oxygen atoms in total. The summed E-state index contributed by atoms with van der Waals surface area (Å²) in [5.41, 5.74) is 1.37. The number of allylic oxidation sites excluding steroid dienone is 1. The molecule has 0 saturated heterocycles. The molecule has 0 fully saturated rings. The van der Waals surface area contributed by atoms with Gasteiger partial charge in [-0.3, -0.25) is 4.79 Å². The number of hydrogen-bond donors (Lipinski definition) is 0. The van der Waals surface area contributed by atoms with Crippen LogP contribution in [-0.2, 0) is 0 Å². The van der Waals surface area contributed by atoms with Crippen LogP contribution < -0.4 is 4.74 Å². The van der Waals surface area contributed by atoms with E-state index in [1.807, 2.05) is 61.5 Å². The van der Waals surface area contributed by atoms with Gasteiger partial charge in [-0.05, 0) is 31.2 Å². The first kappa shape index (κ1) is 13.1. The molecule has 0 saturated carbocycles. The van der Waals surface area contributed by atoms with E-state index in [0.717, 1.165) is 5.75 Å². The van der Waals surface area contributed by atoms with Crippen molar-refractivity contribution >= 4 is 5.78 Å². The van der Waals surface area contributed by atoms with Crippen molar-refractivity contribution in [3.05, 3.63) is 77.9 Å². The molecule has 0 N–H and O–H groups in total. The Balaban J connectivity index is 2.08. The lowest BCUT2D eigenvalue weighted by atomic mass is 10.0. The maximum Gasteiger partial charge on any atom is 0.193 e. The molecule has 0 heterocycles. The summed E-state index contributed by atoms with van der Waals surface area (Å²) in [5, 5.41) is 0. The summed E-state index contributed by atoms with van der Waals surface area (Å²) in [6, 6.07) is 16.5. The molecule has 2 aromatic rings. The van der Waals surface area contributed by atoms with Crippen molar-refractivity contribution in [1.82, 2.24) is 0 Å². The van der Waals surface area contributed by atoms with Gasteiger partial charge in [0.1, 0.15) is 12.4 Å². The van der Waals surface area contributed by atoms with Crippen molar-refractivity contribution in [3.63, 3.8) is 0 Å². The number of carbonyl (C=O) groups is 1. The molecule has 0 aliphatic rings. The van der Waals surface area contributed by atoms with Gasteiger partial charge in [-0.25, -0.2) is 0 Å². The maximum absolute atomic E-state index is 12.2. The number of rotatable bonds is 5. The van der Waals surface area contributed by atoms with E-state index in [1.54, 1.807) is 12.1 Å². The molecule has 19 heavy (non-hydrogen) atoms. The quantitative estimate of drug-likeness (QED) is 0.596. The topological polar surface area (TPSA) is 26.3 Å². The molecule has 0 radical (unpaired) electrons. The largest absolute Gasteiger partial charge is 0.490 e. The normalized spacial score (nSPS) is 10.6. The van der Waals surface area contributed by atoms with Gasteiger partial charge >= 0.3 is 0 Å².